The molecule has 1 heteroatoms. The predicted octanol–water partition coefficient (Wildman–Crippen LogP) is 3.01. The van der Waals surface area contributed by atoms with Crippen molar-refractivity contribution in [3.8, 4) is 0 Å². The monoisotopic (exact) mass is 171 g/mol. The van der Waals surface area contributed by atoms with Gasteiger partial charge in [-0.25, -0.2) is 0 Å². The van der Waals surface area contributed by atoms with E-state index in [4.69, 9.17) is 0 Å². The maximum Gasteiger partial charge on any atom is 0.00356 e. The minimum Gasteiger partial charge on any atom is -0.304 e. The van der Waals surface area contributed by atoms with Crippen LogP contribution >= 0.6 is 0 Å². The summed E-state index contributed by atoms with van der Waals surface area (Å²) in [7, 11) is 2.20. The van der Waals surface area contributed by atoms with Crippen molar-refractivity contribution in [2.24, 2.45) is 11.3 Å². The Hall–Kier alpha value is -0.0400. The van der Waals surface area contributed by atoms with Crippen LogP contribution in [-0.2, 0) is 0 Å². The number of hydrogen-bond acceptors (Lipinski definition) is 1. The highest BCUT2D eigenvalue weighted by atomic mass is 15.1. The van der Waals surface area contributed by atoms with Crippen molar-refractivity contribution in [2.75, 3.05) is 13.6 Å². The van der Waals surface area contributed by atoms with E-state index in [2.05, 4.69) is 53.5 Å². The standard InChI is InChI=1S/C11H25N/c1-9(2)12(7)8-10(3)11(4,5)6/h9-10H,8H2,1-7H3. The molecule has 0 saturated heterocycles. The lowest BCUT2D eigenvalue weighted by Gasteiger charge is -2.32. The fourth-order valence-electron chi connectivity index (χ4n) is 0.917. The molecular formula is C11H25N. The van der Waals surface area contributed by atoms with Crippen molar-refractivity contribution < 1.29 is 0 Å². The van der Waals surface area contributed by atoms with Gasteiger partial charge in [-0.1, -0.05) is 27.7 Å². The van der Waals surface area contributed by atoms with Gasteiger partial charge in [-0.15, -0.1) is 0 Å². The maximum atomic E-state index is 2.41. The third kappa shape index (κ3) is 4.10. The van der Waals surface area contributed by atoms with Crippen LogP contribution in [0.25, 0.3) is 0 Å². The molecule has 0 heterocycles. The molecule has 0 aromatic heterocycles. The van der Waals surface area contributed by atoms with Crippen LogP contribution in [0.2, 0.25) is 0 Å². The van der Waals surface area contributed by atoms with Crippen LogP contribution in [-0.4, -0.2) is 24.5 Å². The summed E-state index contributed by atoms with van der Waals surface area (Å²) in [6.45, 7) is 15.0. The molecule has 1 atom stereocenters. The second kappa shape index (κ2) is 4.27. The molecule has 0 radical (unpaired) electrons. The molecule has 12 heavy (non-hydrogen) atoms. The summed E-state index contributed by atoms with van der Waals surface area (Å²) in [5, 5.41) is 0. The Morgan fingerprint density at radius 3 is 1.75 bits per heavy atom. The van der Waals surface area contributed by atoms with Crippen molar-refractivity contribution in [3.63, 3.8) is 0 Å². The fraction of sp³-hybridized carbons (Fsp3) is 1.00. The molecule has 0 spiro atoms. The van der Waals surface area contributed by atoms with Gasteiger partial charge in [0.25, 0.3) is 0 Å². The van der Waals surface area contributed by atoms with E-state index in [9.17, 15) is 0 Å². The van der Waals surface area contributed by atoms with Gasteiger partial charge in [0.05, 0.1) is 0 Å². The first kappa shape index (κ1) is 12.0. The minimum absolute atomic E-state index is 0.434. The Morgan fingerprint density at radius 2 is 1.50 bits per heavy atom. The Labute approximate surface area is 78.1 Å². The predicted molar refractivity (Wildman–Crippen MR) is 56.4 cm³/mol. The largest absolute Gasteiger partial charge is 0.304 e. The van der Waals surface area contributed by atoms with E-state index in [-0.39, 0.29) is 0 Å². The average Bonchev–Trinajstić information content (AvgIpc) is 1.85. The Balaban J connectivity index is 3.93. The van der Waals surface area contributed by atoms with Gasteiger partial charge in [-0.3, -0.25) is 0 Å². The normalized spacial score (nSPS) is 15.8. The quantitative estimate of drug-likeness (QED) is 0.631. The zero-order valence-corrected chi connectivity index (χ0v) is 9.81. The van der Waals surface area contributed by atoms with Crippen LogP contribution in [0.1, 0.15) is 41.5 Å². The number of rotatable bonds is 3. The van der Waals surface area contributed by atoms with Gasteiger partial charge >= 0.3 is 0 Å². The van der Waals surface area contributed by atoms with Crippen molar-refractivity contribution in [1.82, 2.24) is 4.90 Å². The lowest BCUT2D eigenvalue weighted by molar-refractivity contribution is 0.161. The second-order valence-corrected chi connectivity index (χ2v) is 5.30. The van der Waals surface area contributed by atoms with E-state index in [1.54, 1.807) is 0 Å². The van der Waals surface area contributed by atoms with Gasteiger partial charge in [-0.2, -0.15) is 0 Å². The maximum absolute atomic E-state index is 2.41. The first-order valence-electron chi connectivity index (χ1n) is 4.95. The molecule has 0 rings (SSSR count). The molecule has 0 bridgehead atoms. The summed E-state index contributed by atoms with van der Waals surface area (Å²) < 4.78 is 0. The summed E-state index contributed by atoms with van der Waals surface area (Å²) in [5.41, 5.74) is 0.434. The molecule has 0 amide bonds. The number of hydrogen-bond donors (Lipinski definition) is 0. The van der Waals surface area contributed by atoms with E-state index < -0.39 is 0 Å². The molecule has 1 unspecified atom stereocenters. The van der Waals surface area contributed by atoms with Crippen molar-refractivity contribution >= 4 is 0 Å². The van der Waals surface area contributed by atoms with Crippen LogP contribution in [0.15, 0.2) is 0 Å². The van der Waals surface area contributed by atoms with Gasteiger partial charge in [0.15, 0.2) is 0 Å². The lowest BCUT2D eigenvalue weighted by Crippen LogP contribution is -2.35. The molecule has 0 fully saturated rings. The molecule has 74 valence electrons. The van der Waals surface area contributed by atoms with Crippen LogP contribution in [0.3, 0.4) is 0 Å². The van der Waals surface area contributed by atoms with Crippen molar-refractivity contribution in [2.45, 2.75) is 47.6 Å². The fourth-order valence-corrected chi connectivity index (χ4v) is 0.917. The summed E-state index contributed by atoms with van der Waals surface area (Å²) >= 11 is 0. The zero-order chi connectivity index (χ0) is 9.94. The average molecular weight is 171 g/mol. The Kier molecular flexibility index (Phi) is 4.25. The van der Waals surface area contributed by atoms with Crippen LogP contribution in [0.4, 0.5) is 0 Å². The molecule has 0 aliphatic carbocycles. The molecule has 0 saturated carbocycles. The topological polar surface area (TPSA) is 3.24 Å². The van der Waals surface area contributed by atoms with Gasteiger partial charge in [0.2, 0.25) is 0 Å². The first-order chi connectivity index (χ1) is 5.25. The summed E-state index contributed by atoms with van der Waals surface area (Å²) in [4.78, 5) is 2.41. The van der Waals surface area contributed by atoms with Gasteiger partial charge < -0.3 is 4.90 Å². The van der Waals surface area contributed by atoms with E-state index in [0.29, 0.717) is 11.5 Å². The summed E-state index contributed by atoms with van der Waals surface area (Å²) in [5.74, 6) is 0.755. The highest BCUT2D eigenvalue weighted by Crippen LogP contribution is 2.25. The number of nitrogens with zero attached hydrogens (tertiary/aromatic N) is 1. The molecule has 0 N–H and O–H groups in total. The van der Waals surface area contributed by atoms with Crippen LogP contribution in [0, 0.1) is 11.3 Å². The summed E-state index contributed by atoms with van der Waals surface area (Å²) in [6, 6.07) is 0.662. The molecule has 0 aromatic carbocycles. The highest BCUT2D eigenvalue weighted by Gasteiger charge is 2.21. The molecular weight excluding hydrogens is 146 g/mol. The van der Waals surface area contributed by atoms with Crippen molar-refractivity contribution in [3.05, 3.63) is 0 Å². The summed E-state index contributed by atoms with van der Waals surface area (Å²) in [6.07, 6.45) is 0. The van der Waals surface area contributed by atoms with Gasteiger partial charge in [0, 0.05) is 12.6 Å². The van der Waals surface area contributed by atoms with E-state index in [1.807, 2.05) is 0 Å². The highest BCUT2D eigenvalue weighted by molar-refractivity contribution is 4.73. The van der Waals surface area contributed by atoms with Gasteiger partial charge in [-0.05, 0) is 32.2 Å². The minimum atomic E-state index is 0.434. The van der Waals surface area contributed by atoms with E-state index in [1.165, 1.54) is 6.54 Å². The van der Waals surface area contributed by atoms with Gasteiger partial charge in [0.1, 0.15) is 0 Å². The lowest BCUT2D eigenvalue weighted by atomic mass is 9.82. The van der Waals surface area contributed by atoms with E-state index in [0.717, 1.165) is 5.92 Å². The van der Waals surface area contributed by atoms with Crippen LogP contribution in [0.5, 0.6) is 0 Å². The SMILES string of the molecule is CC(C)N(C)CC(C)C(C)(C)C. The second-order valence-electron chi connectivity index (χ2n) is 5.30. The molecule has 0 aliphatic rings. The van der Waals surface area contributed by atoms with E-state index >= 15 is 0 Å². The smallest absolute Gasteiger partial charge is 0.00356 e. The third-order valence-corrected chi connectivity index (χ3v) is 2.92. The molecule has 0 aliphatic heterocycles. The first-order valence-corrected chi connectivity index (χ1v) is 4.95. The van der Waals surface area contributed by atoms with Crippen LogP contribution < -0.4 is 0 Å². The Morgan fingerprint density at radius 1 is 1.08 bits per heavy atom. The molecule has 0 aromatic rings. The Bertz CT molecular complexity index is 121. The third-order valence-electron chi connectivity index (χ3n) is 2.92. The molecule has 1 nitrogen and oxygen atoms in total. The zero-order valence-electron chi connectivity index (χ0n) is 9.81. The van der Waals surface area contributed by atoms with Crippen molar-refractivity contribution in [1.29, 1.82) is 0 Å².